The van der Waals surface area contributed by atoms with Crippen LogP contribution in [0.4, 0.5) is 11.4 Å². The van der Waals surface area contributed by atoms with Crippen LogP contribution in [0.2, 0.25) is 0 Å². The highest BCUT2D eigenvalue weighted by atomic mass is 16.6. The number of para-hydroxylation sites is 1. The van der Waals surface area contributed by atoms with Crippen molar-refractivity contribution in [2.45, 2.75) is 6.92 Å². The number of nitrogens with zero attached hydrogens (tertiary/aromatic N) is 1. The van der Waals surface area contributed by atoms with Crippen LogP contribution in [-0.2, 0) is 9.59 Å². The first kappa shape index (κ1) is 13.4. The third-order valence-corrected chi connectivity index (χ3v) is 1.85. The quantitative estimate of drug-likeness (QED) is 0.598. The third-order valence-electron chi connectivity index (χ3n) is 1.85. The standard InChI is InChI=1S/C10H10N2O6/c1-6(13)11-10-7(12(16)17)3-2-4-8(10)18-5-9(14)15/h2-4H,5H2,1H3,(H,11,13)(H,14,15). The molecule has 0 fully saturated rings. The Balaban J connectivity index is 3.14. The Morgan fingerprint density at radius 1 is 1.50 bits per heavy atom. The highest BCUT2D eigenvalue weighted by molar-refractivity contribution is 5.93. The molecule has 0 saturated heterocycles. The summed E-state index contributed by atoms with van der Waals surface area (Å²) in [4.78, 5) is 31.4. The van der Waals surface area contributed by atoms with E-state index in [4.69, 9.17) is 9.84 Å². The molecule has 0 radical (unpaired) electrons. The molecule has 2 N–H and O–H groups in total. The Morgan fingerprint density at radius 2 is 2.17 bits per heavy atom. The topological polar surface area (TPSA) is 119 Å². The van der Waals surface area contributed by atoms with Gasteiger partial charge in [0, 0.05) is 13.0 Å². The first-order chi connectivity index (χ1) is 8.41. The molecule has 8 heteroatoms. The number of carboxylic acid groups (broad SMARTS) is 1. The summed E-state index contributed by atoms with van der Waals surface area (Å²) in [6, 6.07) is 3.85. The number of nitrogens with one attached hydrogen (secondary N) is 1. The summed E-state index contributed by atoms with van der Waals surface area (Å²) in [6.07, 6.45) is 0. The largest absolute Gasteiger partial charge is 0.479 e. The maximum atomic E-state index is 11.0. The second kappa shape index (κ2) is 5.62. The van der Waals surface area contributed by atoms with Crippen molar-refractivity contribution in [3.8, 4) is 5.75 Å². The summed E-state index contributed by atoms with van der Waals surface area (Å²) >= 11 is 0. The summed E-state index contributed by atoms with van der Waals surface area (Å²) in [7, 11) is 0. The molecule has 18 heavy (non-hydrogen) atoms. The van der Waals surface area contributed by atoms with Crippen LogP contribution >= 0.6 is 0 Å². The number of hydrogen-bond acceptors (Lipinski definition) is 5. The van der Waals surface area contributed by atoms with Crippen molar-refractivity contribution in [1.29, 1.82) is 0 Å². The summed E-state index contributed by atoms with van der Waals surface area (Å²) in [6.45, 7) is 0.519. The number of anilines is 1. The van der Waals surface area contributed by atoms with E-state index in [1.807, 2.05) is 0 Å². The zero-order chi connectivity index (χ0) is 13.7. The van der Waals surface area contributed by atoms with Gasteiger partial charge in [0.2, 0.25) is 5.91 Å². The van der Waals surface area contributed by atoms with Gasteiger partial charge in [0.05, 0.1) is 4.92 Å². The summed E-state index contributed by atoms with van der Waals surface area (Å²) in [5, 5.41) is 21.5. The highest BCUT2D eigenvalue weighted by Crippen LogP contribution is 2.34. The average Bonchev–Trinajstić information content (AvgIpc) is 2.26. The van der Waals surface area contributed by atoms with Gasteiger partial charge in [-0.25, -0.2) is 4.79 Å². The summed E-state index contributed by atoms with van der Waals surface area (Å²) in [5.74, 6) is -1.82. The number of hydrogen-bond donors (Lipinski definition) is 2. The van der Waals surface area contributed by atoms with E-state index in [0.29, 0.717) is 0 Å². The second-order valence-electron chi connectivity index (χ2n) is 3.27. The fourth-order valence-corrected chi connectivity index (χ4v) is 1.23. The maximum Gasteiger partial charge on any atom is 0.341 e. The molecule has 0 aliphatic heterocycles. The minimum atomic E-state index is -1.23. The Bertz CT molecular complexity index is 499. The van der Waals surface area contributed by atoms with E-state index < -0.39 is 23.4 Å². The number of carbonyl (C=O) groups excluding carboxylic acids is 1. The minimum absolute atomic E-state index is 0.0678. The number of benzene rings is 1. The number of amides is 1. The van der Waals surface area contributed by atoms with Gasteiger partial charge in [-0.1, -0.05) is 6.07 Å². The molecular formula is C10H10N2O6. The van der Waals surface area contributed by atoms with Gasteiger partial charge in [-0.05, 0) is 6.07 Å². The van der Waals surface area contributed by atoms with E-state index in [1.165, 1.54) is 25.1 Å². The van der Waals surface area contributed by atoms with E-state index in [1.54, 1.807) is 0 Å². The van der Waals surface area contributed by atoms with Crippen molar-refractivity contribution in [1.82, 2.24) is 0 Å². The van der Waals surface area contributed by atoms with Gasteiger partial charge in [0.1, 0.15) is 0 Å². The molecule has 0 saturated carbocycles. The molecule has 0 aromatic heterocycles. The van der Waals surface area contributed by atoms with Crippen LogP contribution in [0, 0.1) is 10.1 Å². The van der Waals surface area contributed by atoms with E-state index >= 15 is 0 Å². The molecule has 0 unspecified atom stereocenters. The van der Waals surface area contributed by atoms with Gasteiger partial charge >= 0.3 is 5.97 Å². The highest BCUT2D eigenvalue weighted by Gasteiger charge is 2.20. The number of carboxylic acids is 1. The van der Waals surface area contributed by atoms with Gasteiger partial charge in [0.25, 0.3) is 5.69 Å². The molecule has 1 rings (SSSR count). The molecule has 0 aliphatic rings. The predicted octanol–water partition coefficient (Wildman–Crippen LogP) is 1.02. The Hall–Kier alpha value is -2.64. The van der Waals surface area contributed by atoms with Crippen LogP contribution in [0.25, 0.3) is 0 Å². The van der Waals surface area contributed by atoms with Crippen LogP contribution in [0.1, 0.15) is 6.92 Å². The Kier molecular flexibility index (Phi) is 4.19. The van der Waals surface area contributed by atoms with Gasteiger partial charge in [0.15, 0.2) is 18.0 Å². The first-order valence-corrected chi connectivity index (χ1v) is 4.81. The molecule has 1 aromatic rings. The zero-order valence-electron chi connectivity index (χ0n) is 9.37. The van der Waals surface area contributed by atoms with Crippen molar-refractivity contribution < 1.29 is 24.4 Å². The monoisotopic (exact) mass is 254 g/mol. The molecule has 0 aliphatic carbocycles. The fourth-order valence-electron chi connectivity index (χ4n) is 1.23. The van der Waals surface area contributed by atoms with Gasteiger partial charge < -0.3 is 15.2 Å². The van der Waals surface area contributed by atoms with E-state index in [2.05, 4.69) is 5.32 Å². The van der Waals surface area contributed by atoms with Crippen molar-refractivity contribution in [2.24, 2.45) is 0 Å². The van der Waals surface area contributed by atoms with Gasteiger partial charge in [-0.2, -0.15) is 0 Å². The SMILES string of the molecule is CC(=O)Nc1c(OCC(=O)O)cccc1[N+](=O)[O-]. The lowest BCUT2D eigenvalue weighted by Crippen LogP contribution is -2.13. The predicted molar refractivity (Wildman–Crippen MR) is 60.5 cm³/mol. The molecule has 0 atom stereocenters. The average molecular weight is 254 g/mol. The van der Waals surface area contributed by atoms with Crippen LogP contribution in [0.3, 0.4) is 0 Å². The van der Waals surface area contributed by atoms with Crippen LogP contribution < -0.4 is 10.1 Å². The molecule has 1 amide bonds. The molecule has 0 spiro atoms. The Labute approximate surface area is 101 Å². The van der Waals surface area contributed by atoms with Crippen molar-refractivity contribution in [2.75, 3.05) is 11.9 Å². The zero-order valence-corrected chi connectivity index (χ0v) is 9.37. The number of aliphatic carboxylic acids is 1. The van der Waals surface area contributed by atoms with Gasteiger partial charge in [-0.15, -0.1) is 0 Å². The molecular weight excluding hydrogens is 244 g/mol. The number of nitro groups is 1. The molecule has 8 nitrogen and oxygen atoms in total. The normalized spacial score (nSPS) is 9.61. The van der Waals surface area contributed by atoms with E-state index in [0.717, 1.165) is 0 Å². The first-order valence-electron chi connectivity index (χ1n) is 4.81. The van der Waals surface area contributed by atoms with E-state index in [9.17, 15) is 19.7 Å². The second-order valence-corrected chi connectivity index (χ2v) is 3.27. The molecule has 96 valence electrons. The van der Waals surface area contributed by atoms with E-state index in [-0.39, 0.29) is 17.1 Å². The lowest BCUT2D eigenvalue weighted by atomic mass is 10.2. The number of rotatable bonds is 5. The van der Waals surface area contributed by atoms with Crippen molar-refractivity contribution >= 4 is 23.3 Å². The molecule has 0 heterocycles. The Morgan fingerprint density at radius 3 is 2.67 bits per heavy atom. The van der Waals surface area contributed by atoms with Crippen molar-refractivity contribution in [3.63, 3.8) is 0 Å². The van der Waals surface area contributed by atoms with Crippen LogP contribution in [0.15, 0.2) is 18.2 Å². The maximum absolute atomic E-state index is 11.0. The van der Waals surface area contributed by atoms with Gasteiger partial charge in [-0.3, -0.25) is 14.9 Å². The van der Waals surface area contributed by atoms with Crippen molar-refractivity contribution in [3.05, 3.63) is 28.3 Å². The summed E-state index contributed by atoms with van der Waals surface area (Å²) < 4.78 is 4.87. The minimum Gasteiger partial charge on any atom is -0.479 e. The lowest BCUT2D eigenvalue weighted by molar-refractivity contribution is -0.384. The van der Waals surface area contributed by atoms with Crippen LogP contribution in [0.5, 0.6) is 5.75 Å². The number of nitro benzene ring substituents is 1. The smallest absolute Gasteiger partial charge is 0.341 e. The summed E-state index contributed by atoms with van der Waals surface area (Å²) in [5.41, 5.74) is -0.524. The third kappa shape index (κ3) is 3.44. The molecule has 1 aromatic carbocycles. The van der Waals surface area contributed by atoms with Crippen LogP contribution in [-0.4, -0.2) is 28.5 Å². The molecule has 0 bridgehead atoms. The number of carbonyl (C=O) groups is 2. The number of ether oxygens (including phenoxy) is 1. The lowest BCUT2D eigenvalue weighted by Gasteiger charge is -2.10. The fraction of sp³-hybridized carbons (Fsp3) is 0.200.